The van der Waals surface area contributed by atoms with Crippen molar-refractivity contribution in [3.8, 4) is 0 Å². The molecule has 2 heteroatoms. The van der Waals surface area contributed by atoms with Crippen molar-refractivity contribution in [3.63, 3.8) is 0 Å². The molecule has 1 heterocycles. The van der Waals surface area contributed by atoms with E-state index >= 15 is 0 Å². The monoisotopic (exact) mass is 322 g/mol. The van der Waals surface area contributed by atoms with E-state index in [0.29, 0.717) is 0 Å². The smallest absolute Gasteiger partial charge is 0.0709 e. The van der Waals surface area contributed by atoms with Gasteiger partial charge in [-0.25, -0.2) is 4.98 Å². The van der Waals surface area contributed by atoms with Crippen molar-refractivity contribution >= 4 is 21.8 Å². The molecular weight excluding hydrogens is 292 g/mol. The Balaban J connectivity index is 0.000000187. The molecule has 0 aliphatic rings. The molecule has 0 unspecified atom stereocenters. The largest absolute Gasteiger partial charge is 0.330 e. The normalized spacial score (nSPS) is 10.6. The van der Waals surface area contributed by atoms with Crippen LogP contribution in [0.3, 0.4) is 0 Å². The van der Waals surface area contributed by atoms with Gasteiger partial charge in [-0.2, -0.15) is 0 Å². The van der Waals surface area contributed by atoms with Crippen molar-refractivity contribution in [2.75, 3.05) is 6.54 Å². The fourth-order valence-electron chi connectivity index (χ4n) is 2.82. The van der Waals surface area contributed by atoms with Crippen molar-refractivity contribution in [3.05, 3.63) is 54.6 Å². The highest BCUT2D eigenvalue weighted by molar-refractivity contribution is 5.92. The van der Waals surface area contributed by atoms with Crippen molar-refractivity contribution < 1.29 is 0 Å². The average molecular weight is 322 g/mol. The molecule has 128 valence electrons. The summed E-state index contributed by atoms with van der Waals surface area (Å²) >= 11 is 0. The summed E-state index contributed by atoms with van der Waals surface area (Å²) in [5, 5.41) is 2.40. The van der Waals surface area contributed by atoms with E-state index in [-0.39, 0.29) is 0 Å². The van der Waals surface area contributed by atoms with Gasteiger partial charge in [-0.05, 0) is 31.2 Å². The predicted molar refractivity (Wildman–Crippen MR) is 106 cm³/mol. The summed E-state index contributed by atoms with van der Waals surface area (Å²) < 4.78 is 0. The molecule has 1 aromatic heterocycles. The average Bonchev–Trinajstić information content (AvgIpc) is 2.63. The van der Waals surface area contributed by atoms with Gasteiger partial charge in [-0.3, -0.25) is 0 Å². The number of pyridine rings is 1. The SMILES string of the molecule is CCCCCCCCCN.c1ccc2nc3ccccc3cc2c1. The molecule has 3 rings (SSSR count). The van der Waals surface area contributed by atoms with Crippen LogP contribution in [0.5, 0.6) is 0 Å². The number of nitrogens with zero attached hydrogens (tertiary/aromatic N) is 1. The molecule has 0 aliphatic carbocycles. The number of hydrogen-bond donors (Lipinski definition) is 1. The Morgan fingerprint density at radius 1 is 0.708 bits per heavy atom. The number of aromatic nitrogens is 1. The Hall–Kier alpha value is -1.93. The second-order valence-corrected chi connectivity index (χ2v) is 6.28. The molecule has 2 nitrogen and oxygen atoms in total. The number of benzene rings is 2. The lowest BCUT2D eigenvalue weighted by Crippen LogP contribution is -1.97. The van der Waals surface area contributed by atoms with E-state index in [1.54, 1.807) is 0 Å². The maximum absolute atomic E-state index is 5.37. The van der Waals surface area contributed by atoms with Crippen LogP contribution in [0.2, 0.25) is 0 Å². The summed E-state index contributed by atoms with van der Waals surface area (Å²) in [6.45, 7) is 3.12. The van der Waals surface area contributed by atoms with E-state index < -0.39 is 0 Å². The Morgan fingerprint density at radius 3 is 1.75 bits per heavy atom. The first-order valence-electron chi connectivity index (χ1n) is 9.29. The summed E-state index contributed by atoms with van der Waals surface area (Å²) in [6.07, 6.45) is 9.51. The van der Waals surface area contributed by atoms with E-state index in [2.05, 4.69) is 30.1 Å². The Morgan fingerprint density at radius 2 is 1.21 bits per heavy atom. The Labute approximate surface area is 146 Å². The van der Waals surface area contributed by atoms with Crippen LogP contribution in [0.25, 0.3) is 21.8 Å². The lowest BCUT2D eigenvalue weighted by atomic mass is 10.1. The molecule has 0 amide bonds. The van der Waals surface area contributed by atoms with E-state index in [0.717, 1.165) is 17.6 Å². The fourth-order valence-corrected chi connectivity index (χ4v) is 2.82. The lowest BCUT2D eigenvalue weighted by molar-refractivity contribution is 0.593. The molecule has 0 spiro atoms. The number of unbranched alkanes of at least 4 members (excludes halogenated alkanes) is 6. The summed E-state index contributed by atoms with van der Waals surface area (Å²) in [6, 6.07) is 18.6. The maximum Gasteiger partial charge on any atom is 0.0709 e. The van der Waals surface area contributed by atoms with Crippen molar-refractivity contribution in [2.45, 2.75) is 51.9 Å². The van der Waals surface area contributed by atoms with Crippen LogP contribution in [0.15, 0.2) is 54.6 Å². The molecule has 2 aromatic carbocycles. The minimum Gasteiger partial charge on any atom is -0.330 e. The lowest BCUT2D eigenvalue weighted by Gasteiger charge is -1.99. The number of nitrogens with two attached hydrogens (primary N) is 1. The van der Waals surface area contributed by atoms with E-state index in [1.807, 2.05) is 36.4 Å². The summed E-state index contributed by atoms with van der Waals surface area (Å²) in [5.74, 6) is 0. The van der Waals surface area contributed by atoms with Crippen LogP contribution in [0.4, 0.5) is 0 Å². The second kappa shape index (κ2) is 10.8. The molecule has 2 N–H and O–H groups in total. The number of rotatable bonds is 7. The van der Waals surface area contributed by atoms with Gasteiger partial charge in [0.15, 0.2) is 0 Å². The van der Waals surface area contributed by atoms with Crippen LogP contribution < -0.4 is 5.73 Å². The van der Waals surface area contributed by atoms with Crippen molar-refractivity contribution in [1.29, 1.82) is 0 Å². The second-order valence-electron chi connectivity index (χ2n) is 6.28. The van der Waals surface area contributed by atoms with Gasteiger partial charge in [-0.1, -0.05) is 81.8 Å². The molecule has 0 fully saturated rings. The fraction of sp³-hybridized carbons (Fsp3) is 0.409. The van der Waals surface area contributed by atoms with Gasteiger partial charge < -0.3 is 5.73 Å². The number of fused-ring (bicyclic) bond motifs is 2. The zero-order valence-corrected chi connectivity index (χ0v) is 14.9. The van der Waals surface area contributed by atoms with Crippen molar-refractivity contribution in [1.82, 2.24) is 4.98 Å². The quantitative estimate of drug-likeness (QED) is 0.422. The first-order chi connectivity index (χ1) is 11.8. The number of para-hydroxylation sites is 2. The standard InChI is InChI=1S/C13H9N.C9H21N/c1-3-7-12-10(5-1)9-11-6-2-4-8-13(11)14-12;1-2-3-4-5-6-7-8-9-10/h1-9H;2-10H2,1H3. The van der Waals surface area contributed by atoms with Gasteiger partial charge >= 0.3 is 0 Å². The summed E-state index contributed by atoms with van der Waals surface area (Å²) in [5.41, 5.74) is 7.49. The highest BCUT2D eigenvalue weighted by atomic mass is 14.7. The number of hydrogen-bond acceptors (Lipinski definition) is 2. The first kappa shape index (κ1) is 18.4. The molecule has 0 saturated carbocycles. The van der Waals surface area contributed by atoms with Gasteiger partial charge in [0, 0.05) is 10.8 Å². The third kappa shape index (κ3) is 5.93. The Kier molecular flexibility index (Phi) is 8.26. The van der Waals surface area contributed by atoms with Gasteiger partial charge in [-0.15, -0.1) is 0 Å². The van der Waals surface area contributed by atoms with Gasteiger partial charge in [0.05, 0.1) is 11.0 Å². The zero-order valence-electron chi connectivity index (χ0n) is 14.9. The third-order valence-corrected chi connectivity index (χ3v) is 4.23. The molecule has 0 radical (unpaired) electrons. The van der Waals surface area contributed by atoms with Crippen LogP contribution in [-0.4, -0.2) is 11.5 Å². The molecule has 0 bridgehead atoms. The van der Waals surface area contributed by atoms with E-state index in [4.69, 9.17) is 5.73 Å². The summed E-state index contributed by atoms with van der Waals surface area (Å²) in [7, 11) is 0. The van der Waals surface area contributed by atoms with Crippen molar-refractivity contribution in [2.24, 2.45) is 5.73 Å². The van der Waals surface area contributed by atoms with Crippen LogP contribution >= 0.6 is 0 Å². The first-order valence-corrected chi connectivity index (χ1v) is 9.29. The Bertz CT molecular complexity index is 608. The molecule has 0 atom stereocenters. The van der Waals surface area contributed by atoms with Gasteiger partial charge in [0.2, 0.25) is 0 Å². The molecule has 24 heavy (non-hydrogen) atoms. The van der Waals surface area contributed by atoms with Gasteiger partial charge in [0.1, 0.15) is 0 Å². The molecule has 0 aliphatic heterocycles. The molecule has 3 aromatic rings. The molecule has 0 saturated heterocycles. The predicted octanol–water partition coefficient (Wildman–Crippen LogP) is 6.08. The minimum absolute atomic E-state index is 0.869. The van der Waals surface area contributed by atoms with Gasteiger partial charge in [0.25, 0.3) is 0 Å². The van der Waals surface area contributed by atoms with Crippen LogP contribution in [-0.2, 0) is 0 Å². The zero-order chi connectivity index (χ0) is 17.0. The van der Waals surface area contributed by atoms with Crippen LogP contribution in [0.1, 0.15) is 51.9 Å². The highest BCUT2D eigenvalue weighted by Crippen LogP contribution is 2.18. The topological polar surface area (TPSA) is 38.9 Å². The van der Waals surface area contributed by atoms with E-state index in [1.165, 1.54) is 55.7 Å². The maximum atomic E-state index is 5.37. The highest BCUT2D eigenvalue weighted by Gasteiger charge is 1.96. The minimum atomic E-state index is 0.869. The molecular formula is C22H30N2. The van der Waals surface area contributed by atoms with E-state index in [9.17, 15) is 0 Å². The van der Waals surface area contributed by atoms with Crippen LogP contribution in [0, 0.1) is 0 Å². The summed E-state index contributed by atoms with van der Waals surface area (Å²) in [4.78, 5) is 4.58. The third-order valence-electron chi connectivity index (χ3n) is 4.23.